The van der Waals surface area contributed by atoms with Gasteiger partial charge in [0.2, 0.25) is 29.5 Å². The van der Waals surface area contributed by atoms with Crippen molar-refractivity contribution in [1.29, 1.82) is 0 Å². The number of carboxylic acids is 1. The van der Waals surface area contributed by atoms with E-state index in [2.05, 4.69) is 20.9 Å². The third kappa shape index (κ3) is 9.89. The Bertz CT molecular complexity index is 1240. The third-order valence-corrected chi connectivity index (χ3v) is 6.67. The van der Waals surface area contributed by atoms with Gasteiger partial charge in [0, 0.05) is 23.5 Å². The van der Waals surface area contributed by atoms with E-state index in [0.29, 0.717) is 5.75 Å². The number of hydrogen-bond acceptors (Lipinski definition) is 8. The lowest BCUT2D eigenvalue weighted by Gasteiger charge is -2.25. The molecule has 0 bridgehead atoms. The van der Waals surface area contributed by atoms with Crippen LogP contribution in [0.3, 0.4) is 0 Å². The summed E-state index contributed by atoms with van der Waals surface area (Å²) in [5.74, 6) is -5.04. The normalized spacial score (nSPS) is 13.9. The Kier molecular flexibility index (Phi) is 12.4. The summed E-state index contributed by atoms with van der Waals surface area (Å²) >= 11 is 1.43. The number of nitrogens with two attached hydrogens (primary N) is 3. The van der Waals surface area contributed by atoms with Crippen molar-refractivity contribution in [2.75, 3.05) is 12.0 Å². The summed E-state index contributed by atoms with van der Waals surface area (Å²) in [6.45, 7) is 0. The molecule has 0 spiro atoms. The maximum Gasteiger partial charge on any atom is 0.326 e. The quantitative estimate of drug-likeness (QED) is 0.108. The number of H-pyrrole nitrogens is 1. The van der Waals surface area contributed by atoms with Gasteiger partial charge >= 0.3 is 5.97 Å². The van der Waals surface area contributed by atoms with Crippen molar-refractivity contribution in [1.82, 2.24) is 20.9 Å². The molecule has 0 aliphatic heterocycles. The number of carboxylic acid groups (broad SMARTS) is 1. The summed E-state index contributed by atoms with van der Waals surface area (Å²) in [6.07, 6.45) is 2.74. The minimum Gasteiger partial charge on any atom is -0.480 e. The molecule has 1 heterocycles. The SMILES string of the molecule is CSCCC(NC(=O)C(N)Cc1c[nH]c2ccccc12)C(=O)NC(CCC(N)=O)C(=O)NC(CC(N)=O)C(=O)O. The highest BCUT2D eigenvalue weighted by molar-refractivity contribution is 7.98. The first-order valence-electron chi connectivity index (χ1n) is 12.4. The highest BCUT2D eigenvalue weighted by Crippen LogP contribution is 2.19. The van der Waals surface area contributed by atoms with Gasteiger partial charge in [-0.15, -0.1) is 0 Å². The maximum atomic E-state index is 13.2. The summed E-state index contributed by atoms with van der Waals surface area (Å²) in [5, 5.41) is 17.4. The molecule has 2 aromatic rings. The molecule has 40 heavy (non-hydrogen) atoms. The first-order chi connectivity index (χ1) is 18.9. The minimum absolute atomic E-state index is 0.197. The zero-order valence-corrected chi connectivity index (χ0v) is 22.8. The molecule has 218 valence electrons. The fourth-order valence-electron chi connectivity index (χ4n) is 3.91. The number of primary amides is 2. The first kappa shape index (κ1) is 32.1. The number of hydrogen-bond donors (Lipinski definition) is 8. The fraction of sp³-hybridized carbons (Fsp3) is 0.440. The number of amides is 5. The topological polar surface area (TPSA) is 253 Å². The van der Waals surface area contributed by atoms with Crippen LogP contribution in [0, 0.1) is 0 Å². The predicted molar refractivity (Wildman–Crippen MR) is 149 cm³/mol. The molecule has 4 unspecified atom stereocenters. The van der Waals surface area contributed by atoms with Crippen LogP contribution in [0.1, 0.15) is 31.2 Å². The van der Waals surface area contributed by atoms with Crippen molar-refractivity contribution < 1.29 is 33.9 Å². The zero-order valence-electron chi connectivity index (χ0n) is 22.0. The Morgan fingerprint density at radius 3 is 2.10 bits per heavy atom. The van der Waals surface area contributed by atoms with Gasteiger partial charge < -0.3 is 43.2 Å². The number of fused-ring (bicyclic) bond motifs is 1. The van der Waals surface area contributed by atoms with Crippen LogP contribution in [0.5, 0.6) is 0 Å². The number of benzene rings is 1. The maximum absolute atomic E-state index is 13.2. The Morgan fingerprint density at radius 2 is 1.50 bits per heavy atom. The Balaban J connectivity index is 2.14. The highest BCUT2D eigenvalue weighted by Gasteiger charge is 2.31. The van der Waals surface area contributed by atoms with Crippen molar-refractivity contribution in [2.24, 2.45) is 17.2 Å². The van der Waals surface area contributed by atoms with Gasteiger partial charge in [-0.3, -0.25) is 24.0 Å². The van der Waals surface area contributed by atoms with Gasteiger partial charge in [0.15, 0.2) is 0 Å². The first-order valence-corrected chi connectivity index (χ1v) is 13.8. The second-order valence-corrected chi connectivity index (χ2v) is 10.1. The largest absolute Gasteiger partial charge is 0.480 e. The molecule has 0 radical (unpaired) electrons. The van der Waals surface area contributed by atoms with Gasteiger partial charge in [0.05, 0.1) is 12.5 Å². The number of nitrogens with one attached hydrogen (secondary N) is 4. The average Bonchev–Trinajstić information content (AvgIpc) is 3.30. The molecular formula is C25H35N7O7S. The number of aromatic amines is 1. The Hall–Kier alpha value is -4.11. The van der Waals surface area contributed by atoms with Crippen LogP contribution in [0.4, 0.5) is 0 Å². The molecule has 15 heteroatoms. The second-order valence-electron chi connectivity index (χ2n) is 9.15. The van der Waals surface area contributed by atoms with Crippen molar-refractivity contribution in [3.63, 3.8) is 0 Å². The monoisotopic (exact) mass is 577 g/mol. The minimum atomic E-state index is -1.65. The predicted octanol–water partition coefficient (Wildman–Crippen LogP) is -1.53. The van der Waals surface area contributed by atoms with E-state index in [1.165, 1.54) is 11.8 Å². The molecule has 0 fully saturated rings. The number of rotatable bonds is 17. The molecule has 11 N–H and O–H groups in total. The molecule has 0 aliphatic carbocycles. The molecule has 14 nitrogen and oxygen atoms in total. The summed E-state index contributed by atoms with van der Waals surface area (Å²) in [7, 11) is 0. The van der Waals surface area contributed by atoms with Crippen LogP contribution in [-0.2, 0) is 35.2 Å². The van der Waals surface area contributed by atoms with Crippen LogP contribution < -0.4 is 33.2 Å². The number of para-hydroxylation sites is 1. The molecule has 2 rings (SSSR count). The van der Waals surface area contributed by atoms with Crippen molar-refractivity contribution >= 4 is 58.2 Å². The number of carbonyl (C=O) groups is 6. The molecular weight excluding hydrogens is 542 g/mol. The highest BCUT2D eigenvalue weighted by atomic mass is 32.2. The molecule has 0 aliphatic rings. The van der Waals surface area contributed by atoms with Crippen LogP contribution in [0.2, 0.25) is 0 Å². The molecule has 5 amide bonds. The lowest BCUT2D eigenvalue weighted by Crippen LogP contribution is -2.57. The van der Waals surface area contributed by atoms with Crippen LogP contribution >= 0.6 is 11.8 Å². The smallest absolute Gasteiger partial charge is 0.326 e. The van der Waals surface area contributed by atoms with Gasteiger partial charge in [0.1, 0.15) is 18.1 Å². The Labute approximate surface area is 234 Å². The van der Waals surface area contributed by atoms with E-state index in [1.807, 2.05) is 30.5 Å². The van der Waals surface area contributed by atoms with Crippen molar-refractivity contribution in [3.05, 3.63) is 36.0 Å². The molecule has 0 saturated carbocycles. The lowest BCUT2D eigenvalue weighted by molar-refractivity contribution is -0.144. The standard InChI is InChI=1S/C25H35N7O7S/c1-40-9-8-18(30-22(35)15(26)10-13-12-29-16-5-3-2-4-14(13)16)24(37)31-17(6-7-20(27)33)23(36)32-19(25(38)39)11-21(28)34/h2-5,12,15,17-19,29H,6-11,26H2,1H3,(H2,27,33)(H2,28,34)(H,30,35)(H,31,37)(H,32,36)(H,38,39). The molecule has 4 atom stereocenters. The van der Waals surface area contributed by atoms with Crippen LogP contribution in [0.15, 0.2) is 30.5 Å². The van der Waals surface area contributed by atoms with Gasteiger partial charge in [-0.05, 0) is 42.9 Å². The third-order valence-electron chi connectivity index (χ3n) is 6.03. The number of aromatic nitrogens is 1. The van der Waals surface area contributed by atoms with E-state index in [-0.39, 0.29) is 25.7 Å². The van der Waals surface area contributed by atoms with Crippen LogP contribution in [-0.4, -0.2) is 81.8 Å². The van der Waals surface area contributed by atoms with Gasteiger partial charge in [-0.2, -0.15) is 11.8 Å². The number of thioether (sulfide) groups is 1. The van der Waals surface area contributed by atoms with Gasteiger partial charge in [-0.25, -0.2) is 4.79 Å². The number of carbonyl (C=O) groups excluding carboxylic acids is 5. The van der Waals surface area contributed by atoms with E-state index in [0.717, 1.165) is 16.5 Å². The van der Waals surface area contributed by atoms with E-state index in [4.69, 9.17) is 17.2 Å². The summed E-state index contributed by atoms with van der Waals surface area (Å²) in [6, 6.07) is 2.43. The Morgan fingerprint density at radius 1 is 0.900 bits per heavy atom. The molecule has 1 aromatic carbocycles. The van der Waals surface area contributed by atoms with E-state index < -0.39 is 66.1 Å². The van der Waals surface area contributed by atoms with Crippen molar-refractivity contribution in [3.8, 4) is 0 Å². The van der Waals surface area contributed by atoms with Gasteiger partial charge in [-0.1, -0.05) is 18.2 Å². The molecule has 0 saturated heterocycles. The van der Waals surface area contributed by atoms with E-state index in [9.17, 15) is 33.9 Å². The second kappa shape index (κ2) is 15.5. The summed E-state index contributed by atoms with van der Waals surface area (Å²) < 4.78 is 0. The number of aliphatic carboxylic acids is 1. The molecule has 1 aromatic heterocycles. The van der Waals surface area contributed by atoms with E-state index in [1.54, 1.807) is 6.20 Å². The summed E-state index contributed by atoms with van der Waals surface area (Å²) in [4.78, 5) is 76.1. The van der Waals surface area contributed by atoms with E-state index >= 15 is 0 Å². The average molecular weight is 578 g/mol. The van der Waals surface area contributed by atoms with Gasteiger partial charge in [0.25, 0.3) is 0 Å². The van der Waals surface area contributed by atoms with Crippen LogP contribution in [0.25, 0.3) is 10.9 Å². The lowest BCUT2D eigenvalue weighted by atomic mass is 10.0. The fourth-order valence-corrected chi connectivity index (χ4v) is 4.39. The van der Waals surface area contributed by atoms with Crippen molar-refractivity contribution in [2.45, 2.75) is 56.3 Å². The zero-order chi connectivity index (χ0) is 29.8. The summed E-state index contributed by atoms with van der Waals surface area (Å²) in [5.41, 5.74) is 18.1.